The van der Waals surface area contributed by atoms with E-state index in [4.69, 9.17) is 4.74 Å². The van der Waals surface area contributed by atoms with Crippen LogP contribution in [0.4, 0.5) is 5.95 Å². The molecule has 2 heterocycles. The van der Waals surface area contributed by atoms with E-state index in [9.17, 15) is 8.42 Å². The van der Waals surface area contributed by atoms with E-state index in [-0.39, 0.29) is 16.9 Å². The van der Waals surface area contributed by atoms with Gasteiger partial charge in [0, 0.05) is 25.1 Å². The second kappa shape index (κ2) is 7.15. The lowest BCUT2D eigenvalue weighted by Crippen LogP contribution is -2.38. The zero-order valence-corrected chi connectivity index (χ0v) is 13.2. The van der Waals surface area contributed by atoms with Gasteiger partial charge in [0.25, 0.3) is 0 Å². The summed E-state index contributed by atoms with van der Waals surface area (Å²) in [6.45, 7) is 5.93. The van der Waals surface area contributed by atoms with E-state index in [0.717, 1.165) is 19.4 Å². The van der Waals surface area contributed by atoms with Gasteiger partial charge in [-0.1, -0.05) is 6.92 Å². The van der Waals surface area contributed by atoms with E-state index in [2.05, 4.69) is 20.0 Å². The molecule has 1 aliphatic rings. The molecule has 2 atom stereocenters. The van der Waals surface area contributed by atoms with E-state index in [1.807, 2.05) is 13.8 Å². The average molecular weight is 314 g/mol. The van der Waals surface area contributed by atoms with Crippen LogP contribution in [0.2, 0.25) is 0 Å². The third kappa shape index (κ3) is 4.36. The maximum absolute atomic E-state index is 12.3. The van der Waals surface area contributed by atoms with E-state index in [1.54, 1.807) is 0 Å². The highest BCUT2D eigenvalue weighted by Crippen LogP contribution is 2.18. The molecule has 0 aromatic carbocycles. The first-order chi connectivity index (χ1) is 10.0. The van der Waals surface area contributed by atoms with E-state index < -0.39 is 10.0 Å². The third-order valence-corrected chi connectivity index (χ3v) is 5.00. The Bertz CT molecular complexity index is 541. The Labute approximate surface area is 125 Å². The maximum Gasteiger partial charge on any atom is 0.243 e. The van der Waals surface area contributed by atoms with Gasteiger partial charge in [-0.15, -0.1) is 0 Å². The molecule has 7 nitrogen and oxygen atoms in total. The van der Waals surface area contributed by atoms with Crippen LogP contribution in [0.25, 0.3) is 0 Å². The topological polar surface area (TPSA) is 93.2 Å². The normalized spacial score (nSPS) is 20.4. The van der Waals surface area contributed by atoms with Gasteiger partial charge >= 0.3 is 0 Å². The standard InChI is InChI=1S/C13H22N4O3S/c1-3-5-14-13-15-7-12(8-16-13)21(18,19)17-10(2)11-4-6-20-9-11/h7-8,10-11,17H,3-6,9H2,1-2H3,(H,14,15,16). The first-order valence-electron chi connectivity index (χ1n) is 7.19. The molecule has 0 radical (unpaired) electrons. The van der Waals surface area contributed by atoms with Crippen molar-refractivity contribution in [2.75, 3.05) is 25.1 Å². The minimum atomic E-state index is -3.59. The van der Waals surface area contributed by atoms with Gasteiger partial charge in [-0.2, -0.15) is 0 Å². The van der Waals surface area contributed by atoms with E-state index in [1.165, 1.54) is 12.4 Å². The number of anilines is 1. The zero-order valence-electron chi connectivity index (χ0n) is 12.4. The van der Waals surface area contributed by atoms with Crippen LogP contribution in [0.3, 0.4) is 0 Å². The van der Waals surface area contributed by atoms with E-state index in [0.29, 0.717) is 19.2 Å². The number of hydrogen-bond donors (Lipinski definition) is 2. The van der Waals surface area contributed by atoms with Crippen molar-refractivity contribution in [3.05, 3.63) is 12.4 Å². The summed E-state index contributed by atoms with van der Waals surface area (Å²) in [6.07, 6.45) is 4.47. The van der Waals surface area contributed by atoms with Crippen LogP contribution in [0.15, 0.2) is 17.3 Å². The first-order valence-corrected chi connectivity index (χ1v) is 8.67. The van der Waals surface area contributed by atoms with E-state index >= 15 is 0 Å². The SMILES string of the molecule is CCCNc1ncc(S(=O)(=O)NC(C)C2CCOC2)cn1. The van der Waals surface area contributed by atoms with Gasteiger partial charge in [0.15, 0.2) is 0 Å². The number of hydrogen-bond acceptors (Lipinski definition) is 6. The van der Waals surface area contributed by atoms with Crippen molar-refractivity contribution in [2.24, 2.45) is 5.92 Å². The summed E-state index contributed by atoms with van der Waals surface area (Å²) in [5.74, 6) is 0.652. The Kier molecular flexibility index (Phi) is 5.49. The summed E-state index contributed by atoms with van der Waals surface area (Å²) in [7, 11) is -3.59. The molecule has 0 bridgehead atoms. The molecule has 1 aromatic heterocycles. The summed E-state index contributed by atoms with van der Waals surface area (Å²) in [5, 5.41) is 3.00. The van der Waals surface area contributed by atoms with Crippen LogP contribution in [-0.4, -0.2) is 44.2 Å². The minimum Gasteiger partial charge on any atom is -0.381 e. The Morgan fingerprint density at radius 3 is 2.71 bits per heavy atom. The number of sulfonamides is 1. The van der Waals surface area contributed by atoms with Crippen molar-refractivity contribution in [3.8, 4) is 0 Å². The summed E-state index contributed by atoms with van der Waals surface area (Å²) in [4.78, 5) is 8.12. The van der Waals surface area contributed by atoms with Gasteiger partial charge < -0.3 is 10.1 Å². The summed E-state index contributed by atoms with van der Waals surface area (Å²) >= 11 is 0. The highest BCUT2D eigenvalue weighted by Gasteiger charge is 2.27. The van der Waals surface area contributed by atoms with Gasteiger partial charge in [-0.3, -0.25) is 0 Å². The summed E-state index contributed by atoms with van der Waals surface area (Å²) in [5.41, 5.74) is 0. The van der Waals surface area contributed by atoms with Crippen LogP contribution in [0, 0.1) is 5.92 Å². The Morgan fingerprint density at radius 2 is 2.14 bits per heavy atom. The monoisotopic (exact) mass is 314 g/mol. The molecule has 0 saturated carbocycles. The molecular formula is C13H22N4O3S. The smallest absolute Gasteiger partial charge is 0.243 e. The third-order valence-electron chi connectivity index (χ3n) is 3.48. The van der Waals surface area contributed by atoms with Gasteiger partial charge in [-0.05, 0) is 19.8 Å². The number of nitrogens with one attached hydrogen (secondary N) is 2. The maximum atomic E-state index is 12.3. The minimum absolute atomic E-state index is 0.0790. The fourth-order valence-corrected chi connectivity index (χ4v) is 3.34. The Morgan fingerprint density at radius 1 is 1.43 bits per heavy atom. The van der Waals surface area contributed by atoms with Crippen molar-refractivity contribution in [1.82, 2.24) is 14.7 Å². The van der Waals surface area contributed by atoms with Gasteiger partial charge in [0.1, 0.15) is 4.90 Å². The second-order valence-corrected chi connectivity index (χ2v) is 6.92. The number of ether oxygens (including phenoxy) is 1. The Balaban J connectivity index is 2.01. The van der Waals surface area contributed by atoms with Crippen molar-refractivity contribution < 1.29 is 13.2 Å². The molecule has 1 saturated heterocycles. The zero-order chi connectivity index (χ0) is 15.3. The molecule has 1 aliphatic heterocycles. The predicted molar refractivity (Wildman–Crippen MR) is 79.5 cm³/mol. The molecule has 2 N–H and O–H groups in total. The molecule has 21 heavy (non-hydrogen) atoms. The number of rotatable bonds is 7. The van der Waals surface area contributed by atoms with Crippen LogP contribution >= 0.6 is 0 Å². The van der Waals surface area contributed by atoms with Crippen molar-refractivity contribution in [3.63, 3.8) is 0 Å². The molecular weight excluding hydrogens is 292 g/mol. The fourth-order valence-electron chi connectivity index (χ4n) is 2.14. The molecule has 8 heteroatoms. The van der Waals surface area contributed by atoms with Crippen LogP contribution in [0.1, 0.15) is 26.7 Å². The van der Waals surface area contributed by atoms with Crippen LogP contribution < -0.4 is 10.0 Å². The molecule has 2 unspecified atom stereocenters. The van der Waals surface area contributed by atoms with Crippen molar-refractivity contribution >= 4 is 16.0 Å². The van der Waals surface area contributed by atoms with Crippen LogP contribution in [0.5, 0.6) is 0 Å². The number of aromatic nitrogens is 2. The molecule has 0 aliphatic carbocycles. The molecule has 1 aromatic rings. The lowest BCUT2D eigenvalue weighted by Gasteiger charge is -2.19. The molecule has 2 rings (SSSR count). The predicted octanol–water partition coefficient (Wildman–Crippen LogP) is 1.00. The lowest BCUT2D eigenvalue weighted by molar-refractivity contribution is 0.180. The van der Waals surface area contributed by atoms with Crippen molar-refractivity contribution in [2.45, 2.75) is 37.6 Å². The largest absolute Gasteiger partial charge is 0.381 e. The molecule has 0 amide bonds. The van der Waals surface area contributed by atoms with Gasteiger partial charge in [0.2, 0.25) is 16.0 Å². The molecule has 0 spiro atoms. The fraction of sp³-hybridized carbons (Fsp3) is 0.692. The summed E-state index contributed by atoms with van der Waals surface area (Å²) in [6, 6.07) is -0.171. The van der Waals surface area contributed by atoms with Crippen molar-refractivity contribution in [1.29, 1.82) is 0 Å². The highest BCUT2D eigenvalue weighted by molar-refractivity contribution is 7.89. The highest BCUT2D eigenvalue weighted by atomic mass is 32.2. The summed E-state index contributed by atoms with van der Waals surface area (Å²) < 4.78 is 32.5. The average Bonchev–Trinajstić information content (AvgIpc) is 2.99. The van der Waals surface area contributed by atoms with Crippen LogP contribution in [-0.2, 0) is 14.8 Å². The lowest BCUT2D eigenvalue weighted by atomic mass is 10.0. The number of nitrogens with zero attached hydrogens (tertiary/aromatic N) is 2. The quantitative estimate of drug-likeness (QED) is 0.780. The second-order valence-electron chi connectivity index (χ2n) is 5.20. The van der Waals surface area contributed by atoms with Gasteiger partial charge in [0.05, 0.1) is 19.0 Å². The Hall–Kier alpha value is -1.25. The molecule has 1 fully saturated rings. The van der Waals surface area contributed by atoms with Gasteiger partial charge in [-0.25, -0.2) is 23.1 Å². The molecule has 118 valence electrons. The first kappa shape index (κ1) is 16.1.